The van der Waals surface area contributed by atoms with E-state index in [1.165, 1.54) is 36.8 Å². The van der Waals surface area contributed by atoms with Crippen LogP contribution in [0, 0.1) is 17.8 Å². The van der Waals surface area contributed by atoms with Crippen LogP contribution < -0.4 is 5.32 Å². The zero-order chi connectivity index (χ0) is 22.3. The second kappa shape index (κ2) is 8.60. The van der Waals surface area contributed by atoms with Gasteiger partial charge in [-0.15, -0.1) is 0 Å². The average Bonchev–Trinajstić information content (AvgIpc) is 3.32. The van der Waals surface area contributed by atoms with E-state index in [2.05, 4.69) is 64.2 Å². The summed E-state index contributed by atoms with van der Waals surface area (Å²) in [5.41, 5.74) is 2.72. The van der Waals surface area contributed by atoms with Crippen molar-refractivity contribution in [1.82, 2.24) is 10.2 Å². The smallest absolute Gasteiger partial charge is 0.243 e. The fraction of sp³-hybridized carbons (Fsp3) is 0.704. The van der Waals surface area contributed by atoms with E-state index in [-0.39, 0.29) is 35.2 Å². The van der Waals surface area contributed by atoms with Crippen LogP contribution >= 0.6 is 0 Å². The van der Waals surface area contributed by atoms with Gasteiger partial charge in [0.15, 0.2) is 0 Å². The van der Waals surface area contributed by atoms with Gasteiger partial charge in [-0.2, -0.15) is 0 Å². The van der Waals surface area contributed by atoms with Crippen molar-refractivity contribution >= 4 is 11.8 Å². The fourth-order valence-electron chi connectivity index (χ4n) is 5.64. The molecular formula is C27H40N2O2. The van der Waals surface area contributed by atoms with Gasteiger partial charge >= 0.3 is 0 Å². The lowest BCUT2D eigenvalue weighted by atomic mass is 9.86. The molecule has 1 saturated heterocycles. The Morgan fingerprint density at radius 2 is 1.77 bits per heavy atom. The summed E-state index contributed by atoms with van der Waals surface area (Å²) in [6, 6.07) is 8.64. The SMILES string of the molecule is CC(C)C[C@H]1C(=O)N[C@@H](C2CCCC2)CN1C(=O)[C@@H]1C[C@H]1c1ccc(C(C)(C)C)cc1. The molecule has 0 unspecified atom stereocenters. The summed E-state index contributed by atoms with van der Waals surface area (Å²) in [5.74, 6) is 1.51. The van der Waals surface area contributed by atoms with E-state index in [1.807, 2.05) is 4.90 Å². The van der Waals surface area contributed by atoms with Crippen LogP contribution in [0.25, 0.3) is 0 Å². The number of piperazine rings is 1. The molecule has 31 heavy (non-hydrogen) atoms. The summed E-state index contributed by atoms with van der Waals surface area (Å²) >= 11 is 0. The van der Waals surface area contributed by atoms with Crippen molar-refractivity contribution in [3.05, 3.63) is 35.4 Å². The van der Waals surface area contributed by atoms with E-state index in [0.717, 1.165) is 12.8 Å². The third-order valence-electron chi connectivity index (χ3n) is 7.66. The topological polar surface area (TPSA) is 49.4 Å². The molecule has 2 aliphatic carbocycles. The Hall–Kier alpha value is -1.84. The zero-order valence-electron chi connectivity index (χ0n) is 20.0. The molecule has 4 heteroatoms. The maximum atomic E-state index is 13.6. The van der Waals surface area contributed by atoms with Crippen molar-refractivity contribution in [2.75, 3.05) is 6.54 Å². The molecule has 1 aromatic rings. The van der Waals surface area contributed by atoms with Crippen molar-refractivity contribution in [1.29, 1.82) is 0 Å². The number of carbonyl (C=O) groups excluding carboxylic acids is 2. The minimum Gasteiger partial charge on any atom is -0.350 e. The van der Waals surface area contributed by atoms with Gasteiger partial charge in [0, 0.05) is 18.5 Å². The first-order valence-corrected chi connectivity index (χ1v) is 12.4. The van der Waals surface area contributed by atoms with Gasteiger partial charge in [-0.3, -0.25) is 9.59 Å². The number of rotatable bonds is 5. The predicted octanol–water partition coefficient (Wildman–Crippen LogP) is 5.02. The second-order valence-electron chi connectivity index (χ2n) is 11.6. The maximum Gasteiger partial charge on any atom is 0.243 e. The van der Waals surface area contributed by atoms with Crippen LogP contribution in [0.4, 0.5) is 0 Å². The maximum absolute atomic E-state index is 13.6. The number of hydrogen-bond donors (Lipinski definition) is 1. The van der Waals surface area contributed by atoms with Gasteiger partial charge in [0.1, 0.15) is 6.04 Å². The number of hydrogen-bond acceptors (Lipinski definition) is 2. The minimum atomic E-state index is -0.310. The molecule has 4 rings (SSSR count). The lowest BCUT2D eigenvalue weighted by Gasteiger charge is -2.42. The summed E-state index contributed by atoms with van der Waals surface area (Å²) in [5, 5.41) is 3.29. The van der Waals surface area contributed by atoms with Crippen molar-refractivity contribution in [2.24, 2.45) is 17.8 Å². The van der Waals surface area contributed by atoms with Crippen LogP contribution in [-0.4, -0.2) is 35.3 Å². The highest BCUT2D eigenvalue weighted by atomic mass is 16.2. The van der Waals surface area contributed by atoms with E-state index in [9.17, 15) is 9.59 Å². The summed E-state index contributed by atoms with van der Waals surface area (Å²) < 4.78 is 0. The van der Waals surface area contributed by atoms with Gasteiger partial charge in [-0.05, 0) is 60.0 Å². The van der Waals surface area contributed by atoms with E-state index in [0.29, 0.717) is 24.3 Å². The second-order valence-corrected chi connectivity index (χ2v) is 11.6. The largest absolute Gasteiger partial charge is 0.350 e. The molecule has 0 radical (unpaired) electrons. The van der Waals surface area contributed by atoms with Crippen LogP contribution in [0.15, 0.2) is 24.3 Å². The molecule has 4 nitrogen and oxygen atoms in total. The summed E-state index contributed by atoms with van der Waals surface area (Å²) in [4.78, 5) is 28.6. The van der Waals surface area contributed by atoms with Gasteiger partial charge in [0.25, 0.3) is 0 Å². The van der Waals surface area contributed by atoms with Gasteiger partial charge in [0.2, 0.25) is 11.8 Å². The van der Waals surface area contributed by atoms with Gasteiger partial charge in [0.05, 0.1) is 0 Å². The molecule has 4 atom stereocenters. The molecule has 1 N–H and O–H groups in total. The van der Waals surface area contributed by atoms with E-state index in [1.54, 1.807) is 0 Å². The molecule has 170 valence electrons. The summed E-state index contributed by atoms with van der Waals surface area (Å²) in [7, 11) is 0. The number of nitrogens with zero attached hydrogens (tertiary/aromatic N) is 1. The number of amides is 2. The third kappa shape index (κ3) is 4.83. The minimum absolute atomic E-state index is 0.0327. The van der Waals surface area contributed by atoms with E-state index >= 15 is 0 Å². The van der Waals surface area contributed by atoms with Crippen LogP contribution in [0.5, 0.6) is 0 Å². The van der Waals surface area contributed by atoms with E-state index < -0.39 is 0 Å². The van der Waals surface area contributed by atoms with Crippen molar-refractivity contribution in [3.8, 4) is 0 Å². The monoisotopic (exact) mass is 424 g/mol. The standard InChI is InChI=1S/C27H40N2O2/c1-17(2)14-24-25(30)28-23(19-8-6-7-9-19)16-29(24)26(31)22-15-21(22)18-10-12-20(13-11-18)27(3,4)5/h10-13,17,19,21-24H,6-9,14-16H2,1-5H3,(H,28,30)/t21-,22+,23+,24-/m0/s1. The van der Waals surface area contributed by atoms with Crippen LogP contribution in [0.2, 0.25) is 0 Å². The van der Waals surface area contributed by atoms with E-state index in [4.69, 9.17) is 0 Å². The first-order chi connectivity index (χ1) is 14.6. The van der Waals surface area contributed by atoms with Crippen LogP contribution in [0.3, 0.4) is 0 Å². The normalized spacial score (nSPS) is 29.4. The molecule has 0 bridgehead atoms. The van der Waals surface area contributed by atoms with Crippen molar-refractivity contribution < 1.29 is 9.59 Å². The van der Waals surface area contributed by atoms with Gasteiger partial charge in [-0.1, -0.05) is 71.7 Å². The number of carbonyl (C=O) groups is 2. The summed E-state index contributed by atoms with van der Waals surface area (Å²) in [6.07, 6.45) is 6.49. The number of benzene rings is 1. The highest BCUT2D eigenvalue weighted by Crippen LogP contribution is 2.49. The molecule has 0 aromatic heterocycles. The zero-order valence-corrected chi connectivity index (χ0v) is 20.0. The molecule has 3 fully saturated rings. The molecule has 1 aromatic carbocycles. The number of nitrogens with one attached hydrogen (secondary N) is 1. The Balaban J connectivity index is 1.48. The summed E-state index contributed by atoms with van der Waals surface area (Å²) in [6.45, 7) is 11.6. The average molecular weight is 425 g/mol. The third-order valence-corrected chi connectivity index (χ3v) is 7.66. The van der Waals surface area contributed by atoms with Crippen LogP contribution in [-0.2, 0) is 15.0 Å². The lowest BCUT2D eigenvalue weighted by Crippen LogP contribution is -2.63. The Bertz CT molecular complexity index is 802. The first kappa shape index (κ1) is 22.4. The Kier molecular flexibility index (Phi) is 6.20. The molecule has 2 saturated carbocycles. The predicted molar refractivity (Wildman–Crippen MR) is 125 cm³/mol. The molecule has 1 heterocycles. The molecule has 3 aliphatic rings. The molecule has 1 aliphatic heterocycles. The molecule has 2 amide bonds. The Morgan fingerprint density at radius 1 is 1.13 bits per heavy atom. The highest BCUT2D eigenvalue weighted by Gasteiger charge is 2.50. The van der Waals surface area contributed by atoms with Crippen LogP contribution in [0.1, 0.15) is 90.2 Å². The highest BCUT2D eigenvalue weighted by molar-refractivity contribution is 5.91. The first-order valence-electron chi connectivity index (χ1n) is 12.4. The van der Waals surface area contributed by atoms with Gasteiger partial charge < -0.3 is 10.2 Å². The lowest BCUT2D eigenvalue weighted by molar-refractivity contribution is -0.147. The Morgan fingerprint density at radius 3 is 2.35 bits per heavy atom. The van der Waals surface area contributed by atoms with Gasteiger partial charge in [-0.25, -0.2) is 0 Å². The van der Waals surface area contributed by atoms with Crippen molar-refractivity contribution in [2.45, 2.75) is 96.6 Å². The molecular weight excluding hydrogens is 384 g/mol. The molecule has 0 spiro atoms. The fourth-order valence-corrected chi connectivity index (χ4v) is 5.64. The quantitative estimate of drug-likeness (QED) is 0.721. The van der Waals surface area contributed by atoms with Crippen molar-refractivity contribution in [3.63, 3.8) is 0 Å². The Labute approximate surface area is 188 Å².